The number of aromatic nitrogens is 4. The highest BCUT2D eigenvalue weighted by molar-refractivity contribution is 6.33. The predicted molar refractivity (Wildman–Crippen MR) is 78.2 cm³/mol. The van der Waals surface area contributed by atoms with Gasteiger partial charge in [-0.15, -0.1) is 5.10 Å². The lowest BCUT2D eigenvalue weighted by molar-refractivity contribution is 0.579. The summed E-state index contributed by atoms with van der Waals surface area (Å²) < 4.78 is 15.2. The second-order valence-electron chi connectivity index (χ2n) is 4.46. The van der Waals surface area contributed by atoms with Gasteiger partial charge >= 0.3 is 0 Å². The summed E-state index contributed by atoms with van der Waals surface area (Å²) in [5.74, 6) is 0.0902. The lowest BCUT2D eigenvalue weighted by Crippen LogP contribution is -2.07. The zero-order valence-electron chi connectivity index (χ0n) is 10.9. The minimum Gasteiger partial charge on any atom is -0.398 e. The Hall–Kier alpha value is -2.47. The molecule has 0 unspecified atom stereocenters. The van der Waals surface area contributed by atoms with Crippen molar-refractivity contribution in [2.45, 2.75) is 6.54 Å². The van der Waals surface area contributed by atoms with Crippen LogP contribution in [0.1, 0.15) is 5.56 Å². The predicted octanol–water partition coefficient (Wildman–Crippen LogP) is 2.76. The molecule has 0 spiro atoms. The average molecular weight is 304 g/mol. The van der Waals surface area contributed by atoms with E-state index in [0.29, 0.717) is 27.7 Å². The SMILES string of the molecule is Nc1cccc(Cl)c1-c1nnnn1Cc1ccccc1F. The molecule has 0 atom stereocenters. The summed E-state index contributed by atoms with van der Waals surface area (Å²) in [5.41, 5.74) is 7.43. The molecule has 0 radical (unpaired) electrons. The first-order valence-electron chi connectivity index (χ1n) is 6.21. The number of rotatable bonds is 3. The van der Waals surface area contributed by atoms with E-state index in [1.54, 1.807) is 36.4 Å². The molecule has 21 heavy (non-hydrogen) atoms. The van der Waals surface area contributed by atoms with Gasteiger partial charge in [0.2, 0.25) is 0 Å². The van der Waals surface area contributed by atoms with E-state index in [0.717, 1.165) is 0 Å². The molecule has 3 rings (SSSR count). The van der Waals surface area contributed by atoms with Crippen molar-refractivity contribution in [2.24, 2.45) is 0 Å². The van der Waals surface area contributed by atoms with Gasteiger partial charge in [0.15, 0.2) is 5.82 Å². The van der Waals surface area contributed by atoms with Gasteiger partial charge in [0.1, 0.15) is 5.82 Å². The van der Waals surface area contributed by atoms with Crippen LogP contribution in [0, 0.1) is 5.82 Å². The van der Waals surface area contributed by atoms with Gasteiger partial charge in [-0.2, -0.15) is 0 Å². The topological polar surface area (TPSA) is 69.6 Å². The Morgan fingerprint density at radius 3 is 2.71 bits per heavy atom. The molecule has 0 saturated carbocycles. The molecule has 0 amide bonds. The second kappa shape index (κ2) is 5.49. The van der Waals surface area contributed by atoms with E-state index in [-0.39, 0.29) is 12.4 Å². The molecule has 1 heterocycles. The smallest absolute Gasteiger partial charge is 0.185 e. The van der Waals surface area contributed by atoms with Crippen LogP contribution in [0.25, 0.3) is 11.4 Å². The maximum absolute atomic E-state index is 13.7. The summed E-state index contributed by atoms with van der Waals surface area (Å²) in [5, 5.41) is 11.9. The fourth-order valence-corrected chi connectivity index (χ4v) is 2.32. The van der Waals surface area contributed by atoms with Crippen LogP contribution in [0.2, 0.25) is 5.02 Å². The number of nitrogens with two attached hydrogens (primary N) is 1. The van der Waals surface area contributed by atoms with Crippen molar-refractivity contribution < 1.29 is 4.39 Å². The summed E-state index contributed by atoms with van der Waals surface area (Å²) in [7, 11) is 0. The molecular formula is C14H11ClFN5. The molecule has 0 aliphatic heterocycles. The van der Waals surface area contributed by atoms with Gasteiger partial charge in [-0.3, -0.25) is 0 Å². The van der Waals surface area contributed by atoms with E-state index in [1.165, 1.54) is 10.7 Å². The van der Waals surface area contributed by atoms with Gasteiger partial charge in [-0.25, -0.2) is 9.07 Å². The number of benzene rings is 2. The van der Waals surface area contributed by atoms with Crippen molar-refractivity contribution in [2.75, 3.05) is 5.73 Å². The molecule has 0 aliphatic rings. The zero-order chi connectivity index (χ0) is 14.8. The Bertz CT molecular complexity index is 766. The van der Waals surface area contributed by atoms with E-state index in [4.69, 9.17) is 17.3 Å². The van der Waals surface area contributed by atoms with Crippen LogP contribution >= 0.6 is 11.6 Å². The Labute approximate surface area is 125 Å². The molecule has 7 heteroatoms. The van der Waals surface area contributed by atoms with Crippen LogP contribution in [0.3, 0.4) is 0 Å². The highest BCUT2D eigenvalue weighted by Crippen LogP contribution is 2.31. The summed E-state index contributed by atoms with van der Waals surface area (Å²) >= 11 is 6.16. The Kier molecular flexibility index (Phi) is 3.53. The first-order chi connectivity index (χ1) is 10.2. The van der Waals surface area contributed by atoms with Crippen LogP contribution in [0.5, 0.6) is 0 Å². The van der Waals surface area contributed by atoms with Crippen molar-refractivity contribution in [1.82, 2.24) is 20.2 Å². The van der Waals surface area contributed by atoms with Gasteiger partial charge in [0.25, 0.3) is 0 Å². The maximum Gasteiger partial charge on any atom is 0.185 e. The minimum atomic E-state index is -0.314. The molecule has 2 N–H and O–H groups in total. The Balaban J connectivity index is 2.04. The van der Waals surface area contributed by atoms with Crippen LogP contribution in [-0.4, -0.2) is 20.2 Å². The fourth-order valence-electron chi connectivity index (χ4n) is 2.05. The fraction of sp³-hybridized carbons (Fsp3) is 0.0714. The molecule has 0 aliphatic carbocycles. The number of anilines is 1. The third-order valence-electron chi connectivity index (χ3n) is 3.08. The molecule has 2 aromatic carbocycles. The Morgan fingerprint density at radius 2 is 1.95 bits per heavy atom. The van der Waals surface area contributed by atoms with Crippen LogP contribution < -0.4 is 5.73 Å². The van der Waals surface area contributed by atoms with Crippen LogP contribution in [0.15, 0.2) is 42.5 Å². The van der Waals surface area contributed by atoms with Crippen molar-refractivity contribution in [3.05, 3.63) is 58.9 Å². The van der Waals surface area contributed by atoms with Crippen molar-refractivity contribution in [3.8, 4) is 11.4 Å². The number of hydrogen-bond acceptors (Lipinski definition) is 4. The lowest BCUT2D eigenvalue weighted by Gasteiger charge is -2.09. The van der Waals surface area contributed by atoms with Crippen molar-refractivity contribution >= 4 is 17.3 Å². The number of nitrogens with zero attached hydrogens (tertiary/aromatic N) is 4. The summed E-state index contributed by atoms with van der Waals surface area (Å²) in [6.45, 7) is 0.194. The highest BCUT2D eigenvalue weighted by Gasteiger charge is 2.16. The molecule has 1 aromatic heterocycles. The summed E-state index contributed by atoms with van der Waals surface area (Å²) in [6, 6.07) is 11.6. The molecule has 5 nitrogen and oxygen atoms in total. The average Bonchev–Trinajstić information content (AvgIpc) is 2.89. The normalized spacial score (nSPS) is 10.8. The molecule has 106 valence electrons. The van der Waals surface area contributed by atoms with Crippen molar-refractivity contribution in [3.63, 3.8) is 0 Å². The standard InChI is InChI=1S/C14H11ClFN5/c15-10-5-3-7-12(17)13(10)14-18-19-20-21(14)8-9-4-1-2-6-11(9)16/h1-7H,8,17H2. The van der Waals surface area contributed by atoms with Gasteiger partial charge in [-0.1, -0.05) is 35.9 Å². The van der Waals surface area contributed by atoms with E-state index in [2.05, 4.69) is 15.5 Å². The minimum absolute atomic E-state index is 0.194. The molecule has 0 fully saturated rings. The van der Waals surface area contributed by atoms with Gasteiger partial charge < -0.3 is 5.73 Å². The molecule has 0 bridgehead atoms. The highest BCUT2D eigenvalue weighted by atomic mass is 35.5. The van der Waals surface area contributed by atoms with Crippen molar-refractivity contribution in [1.29, 1.82) is 0 Å². The monoisotopic (exact) mass is 303 g/mol. The number of halogens is 2. The first kappa shape index (κ1) is 13.5. The van der Waals surface area contributed by atoms with Crippen LogP contribution in [-0.2, 0) is 6.54 Å². The van der Waals surface area contributed by atoms with Gasteiger partial charge in [0, 0.05) is 11.3 Å². The largest absolute Gasteiger partial charge is 0.398 e. The lowest BCUT2D eigenvalue weighted by atomic mass is 10.1. The Morgan fingerprint density at radius 1 is 1.14 bits per heavy atom. The maximum atomic E-state index is 13.7. The number of hydrogen-bond donors (Lipinski definition) is 1. The van der Waals surface area contributed by atoms with Crippen LogP contribution in [0.4, 0.5) is 10.1 Å². The molecular weight excluding hydrogens is 293 g/mol. The van der Waals surface area contributed by atoms with E-state index in [9.17, 15) is 4.39 Å². The summed E-state index contributed by atoms with van der Waals surface area (Å²) in [4.78, 5) is 0. The van der Waals surface area contributed by atoms with Gasteiger partial charge in [0.05, 0.1) is 17.1 Å². The number of nitrogen functional groups attached to an aromatic ring is 1. The van der Waals surface area contributed by atoms with E-state index >= 15 is 0 Å². The first-order valence-corrected chi connectivity index (χ1v) is 6.58. The van der Waals surface area contributed by atoms with E-state index in [1.807, 2.05) is 0 Å². The molecule has 0 saturated heterocycles. The summed E-state index contributed by atoms with van der Waals surface area (Å²) in [6.07, 6.45) is 0. The second-order valence-corrected chi connectivity index (χ2v) is 4.86. The third kappa shape index (κ3) is 2.57. The van der Waals surface area contributed by atoms with E-state index < -0.39 is 0 Å². The zero-order valence-corrected chi connectivity index (χ0v) is 11.6. The van der Waals surface area contributed by atoms with Gasteiger partial charge in [-0.05, 0) is 28.6 Å². The number of tetrazole rings is 1. The third-order valence-corrected chi connectivity index (χ3v) is 3.39. The molecule has 3 aromatic rings. The quantitative estimate of drug-likeness (QED) is 0.755.